The molecule has 1 aliphatic rings. The van der Waals surface area contributed by atoms with Crippen LogP contribution in [0.4, 0.5) is 11.8 Å². The number of thiophene rings is 1. The second-order valence-corrected chi connectivity index (χ2v) is 8.55. The zero-order chi connectivity index (χ0) is 21.8. The first-order valence-electron chi connectivity index (χ1n) is 10.8. The third-order valence-corrected chi connectivity index (χ3v) is 6.21. The Bertz CT molecular complexity index is 1190. The molecule has 9 heteroatoms. The number of rotatable bonds is 9. The first-order valence-corrected chi connectivity index (χ1v) is 11.8. The van der Waals surface area contributed by atoms with Crippen molar-refractivity contribution >= 4 is 40.2 Å². The molecule has 1 fully saturated rings. The minimum Gasteiger partial charge on any atom is -0.364 e. The molecule has 4 aromatic rings. The number of hydrogen-bond acceptors (Lipinski definition) is 7. The van der Waals surface area contributed by atoms with Gasteiger partial charge in [-0.05, 0) is 29.9 Å². The van der Waals surface area contributed by atoms with Crippen molar-refractivity contribution in [3.05, 3.63) is 59.0 Å². The van der Waals surface area contributed by atoms with Gasteiger partial charge in [-0.3, -0.25) is 9.36 Å². The number of anilines is 2. The summed E-state index contributed by atoms with van der Waals surface area (Å²) in [5, 5.41) is 10.9. The average molecular weight is 448 g/mol. The quantitative estimate of drug-likeness (QED) is 0.378. The molecular formula is C23H25N7OS. The number of carbonyl (C=O) groups excluding carboxylic acids is 1. The Labute approximate surface area is 190 Å². The van der Waals surface area contributed by atoms with E-state index in [1.807, 2.05) is 39.1 Å². The summed E-state index contributed by atoms with van der Waals surface area (Å²) in [6.07, 6.45) is 4.28. The van der Waals surface area contributed by atoms with Crippen LogP contribution in [0.2, 0.25) is 0 Å². The van der Waals surface area contributed by atoms with Gasteiger partial charge in [0.1, 0.15) is 6.33 Å². The van der Waals surface area contributed by atoms with Gasteiger partial charge in [0.2, 0.25) is 11.9 Å². The molecule has 0 aliphatic carbocycles. The zero-order valence-electron chi connectivity index (χ0n) is 17.7. The number of fused-ring (bicyclic) bond motifs is 1. The molecule has 32 heavy (non-hydrogen) atoms. The predicted octanol–water partition coefficient (Wildman–Crippen LogP) is 3.91. The molecule has 0 bridgehead atoms. The number of likely N-dealkylation sites (tertiary alicyclic amines) is 1. The Morgan fingerprint density at radius 1 is 1.09 bits per heavy atom. The fraction of sp³-hybridized carbons (Fsp3) is 0.304. The number of hydrogen-bond donors (Lipinski definition) is 2. The topological polar surface area (TPSA) is 88.0 Å². The fourth-order valence-corrected chi connectivity index (χ4v) is 4.51. The summed E-state index contributed by atoms with van der Waals surface area (Å²) in [7, 11) is 0. The van der Waals surface area contributed by atoms with Gasteiger partial charge in [0, 0.05) is 38.0 Å². The molecule has 0 radical (unpaired) electrons. The zero-order valence-corrected chi connectivity index (χ0v) is 18.5. The molecule has 2 N–H and O–H groups in total. The average Bonchev–Trinajstić information content (AvgIpc) is 3.57. The van der Waals surface area contributed by atoms with Crippen molar-refractivity contribution in [2.75, 3.05) is 30.3 Å². The smallest absolute Gasteiger partial charge is 0.226 e. The summed E-state index contributed by atoms with van der Waals surface area (Å²) in [6, 6.07) is 12.3. The van der Waals surface area contributed by atoms with Crippen LogP contribution in [0, 0.1) is 0 Å². The van der Waals surface area contributed by atoms with E-state index in [0.717, 1.165) is 42.8 Å². The van der Waals surface area contributed by atoms with Crippen molar-refractivity contribution in [2.45, 2.75) is 25.8 Å². The van der Waals surface area contributed by atoms with Crippen molar-refractivity contribution < 1.29 is 4.79 Å². The van der Waals surface area contributed by atoms with E-state index < -0.39 is 0 Å². The van der Waals surface area contributed by atoms with Gasteiger partial charge in [0.15, 0.2) is 17.0 Å². The summed E-state index contributed by atoms with van der Waals surface area (Å²) in [6.45, 7) is 2.98. The molecule has 8 nitrogen and oxygen atoms in total. The van der Waals surface area contributed by atoms with Gasteiger partial charge in [-0.1, -0.05) is 30.3 Å². The van der Waals surface area contributed by atoms with Crippen LogP contribution in [-0.2, 0) is 11.3 Å². The lowest BCUT2D eigenvalue weighted by Crippen LogP contribution is -2.27. The molecule has 5 rings (SSSR count). The van der Waals surface area contributed by atoms with E-state index in [9.17, 15) is 4.79 Å². The van der Waals surface area contributed by atoms with Crippen molar-refractivity contribution in [3.63, 3.8) is 0 Å². The Kier molecular flexibility index (Phi) is 5.98. The Hall–Kier alpha value is -3.46. The summed E-state index contributed by atoms with van der Waals surface area (Å²) in [5.41, 5.74) is 3.69. The fourth-order valence-electron chi connectivity index (χ4n) is 3.88. The van der Waals surface area contributed by atoms with Crippen molar-refractivity contribution in [1.29, 1.82) is 0 Å². The monoisotopic (exact) mass is 447 g/mol. The van der Waals surface area contributed by atoms with E-state index in [0.29, 0.717) is 31.3 Å². The normalized spacial score (nSPS) is 13.8. The van der Waals surface area contributed by atoms with Crippen LogP contribution in [-0.4, -0.2) is 50.0 Å². The van der Waals surface area contributed by atoms with Gasteiger partial charge in [0.25, 0.3) is 0 Å². The maximum atomic E-state index is 11.8. The number of nitrogens with one attached hydrogen (secondary N) is 2. The summed E-state index contributed by atoms with van der Waals surface area (Å²) in [5.74, 6) is 1.51. The SMILES string of the molecule is O=C1CCCN1CCCNc1nc(NCc2ccccc2)c2ncn(-c3ccsc3)c2n1. The van der Waals surface area contributed by atoms with E-state index in [1.54, 1.807) is 17.7 Å². The number of nitrogens with zero attached hydrogens (tertiary/aromatic N) is 5. The lowest BCUT2D eigenvalue weighted by Gasteiger charge is -2.15. The standard InChI is InChI=1S/C23H25N7OS/c31-19-8-4-11-29(19)12-5-10-24-23-27-21(25-14-17-6-2-1-3-7-17)20-22(28-23)30(16-26-20)18-9-13-32-15-18/h1-3,6-7,9,13,15-16H,4-5,8,10-12,14H2,(H2,24,25,27,28). The Balaban J connectivity index is 1.36. The molecule has 3 aromatic heterocycles. The molecule has 0 saturated carbocycles. The third-order valence-electron chi connectivity index (χ3n) is 5.54. The largest absolute Gasteiger partial charge is 0.364 e. The van der Waals surface area contributed by atoms with E-state index in [4.69, 9.17) is 9.97 Å². The first-order chi connectivity index (χ1) is 15.8. The Morgan fingerprint density at radius 2 is 2.00 bits per heavy atom. The first kappa shape index (κ1) is 20.4. The highest BCUT2D eigenvalue weighted by Crippen LogP contribution is 2.25. The third kappa shape index (κ3) is 4.43. The van der Waals surface area contributed by atoms with Crippen LogP contribution in [0.15, 0.2) is 53.5 Å². The Morgan fingerprint density at radius 3 is 2.78 bits per heavy atom. The van der Waals surface area contributed by atoms with Gasteiger partial charge in [-0.15, -0.1) is 0 Å². The molecule has 0 atom stereocenters. The molecule has 0 spiro atoms. The van der Waals surface area contributed by atoms with Gasteiger partial charge < -0.3 is 15.5 Å². The molecule has 1 aliphatic heterocycles. The van der Waals surface area contributed by atoms with Gasteiger partial charge in [-0.2, -0.15) is 21.3 Å². The lowest BCUT2D eigenvalue weighted by molar-refractivity contribution is -0.127. The van der Waals surface area contributed by atoms with Crippen molar-refractivity contribution in [1.82, 2.24) is 24.4 Å². The van der Waals surface area contributed by atoms with Gasteiger partial charge >= 0.3 is 0 Å². The van der Waals surface area contributed by atoms with Crippen molar-refractivity contribution in [3.8, 4) is 5.69 Å². The summed E-state index contributed by atoms with van der Waals surface area (Å²) in [4.78, 5) is 27.8. The minimum absolute atomic E-state index is 0.259. The highest BCUT2D eigenvalue weighted by atomic mass is 32.1. The van der Waals surface area contributed by atoms with Crippen LogP contribution in [0.5, 0.6) is 0 Å². The van der Waals surface area contributed by atoms with E-state index in [-0.39, 0.29) is 5.91 Å². The number of imidazole rings is 1. The highest BCUT2D eigenvalue weighted by molar-refractivity contribution is 7.08. The molecule has 1 amide bonds. The van der Waals surface area contributed by atoms with Crippen LogP contribution in [0.1, 0.15) is 24.8 Å². The molecule has 1 aromatic carbocycles. The van der Waals surface area contributed by atoms with Crippen LogP contribution in [0.3, 0.4) is 0 Å². The van der Waals surface area contributed by atoms with E-state index in [1.165, 1.54) is 5.56 Å². The minimum atomic E-state index is 0.259. The van der Waals surface area contributed by atoms with Gasteiger partial charge in [0.05, 0.1) is 5.69 Å². The van der Waals surface area contributed by atoms with Crippen molar-refractivity contribution in [2.24, 2.45) is 0 Å². The molecule has 1 saturated heterocycles. The highest BCUT2D eigenvalue weighted by Gasteiger charge is 2.19. The maximum Gasteiger partial charge on any atom is 0.226 e. The molecular weight excluding hydrogens is 422 g/mol. The van der Waals surface area contributed by atoms with E-state index in [2.05, 4.69) is 33.1 Å². The van der Waals surface area contributed by atoms with Crippen LogP contribution in [0.25, 0.3) is 16.9 Å². The molecule has 4 heterocycles. The summed E-state index contributed by atoms with van der Waals surface area (Å²) >= 11 is 1.64. The second-order valence-electron chi connectivity index (χ2n) is 7.77. The summed E-state index contributed by atoms with van der Waals surface area (Å²) < 4.78 is 1.98. The number of amides is 1. The molecule has 164 valence electrons. The van der Waals surface area contributed by atoms with Gasteiger partial charge in [-0.25, -0.2) is 4.98 Å². The number of carbonyl (C=O) groups is 1. The predicted molar refractivity (Wildman–Crippen MR) is 127 cm³/mol. The van der Waals surface area contributed by atoms with Crippen LogP contribution >= 0.6 is 11.3 Å². The van der Waals surface area contributed by atoms with Crippen LogP contribution < -0.4 is 10.6 Å². The molecule has 0 unspecified atom stereocenters. The second kappa shape index (κ2) is 9.35. The number of aromatic nitrogens is 4. The number of benzene rings is 1. The maximum absolute atomic E-state index is 11.8. The lowest BCUT2D eigenvalue weighted by atomic mass is 10.2. The van der Waals surface area contributed by atoms with E-state index >= 15 is 0 Å².